The Hall–Kier alpha value is -0.580. The average Bonchev–Trinajstić information content (AvgIpc) is 2.39. The Morgan fingerprint density at radius 1 is 1.44 bits per heavy atom. The first kappa shape index (κ1) is 13.8. The molecule has 0 saturated carbocycles. The molecule has 1 aromatic carbocycles. The molecule has 0 spiro atoms. The van der Waals surface area contributed by atoms with Gasteiger partial charge in [0, 0.05) is 23.2 Å². The second-order valence-corrected chi connectivity index (χ2v) is 5.74. The molecule has 1 fully saturated rings. The highest BCUT2D eigenvalue weighted by Crippen LogP contribution is 2.30. The number of benzene rings is 1. The zero-order valence-corrected chi connectivity index (χ0v) is 12.4. The largest absolute Gasteiger partial charge is 0.394 e. The highest BCUT2D eigenvalue weighted by Gasteiger charge is 2.23. The molecule has 0 aromatic heterocycles. The summed E-state index contributed by atoms with van der Waals surface area (Å²) in [6.45, 7) is 2.14. The molecule has 1 unspecified atom stereocenters. The average molecular weight is 313 g/mol. The Morgan fingerprint density at radius 2 is 2.28 bits per heavy atom. The quantitative estimate of drug-likeness (QED) is 0.897. The lowest BCUT2D eigenvalue weighted by molar-refractivity contribution is 0.240. The van der Waals surface area contributed by atoms with Crippen LogP contribution >= 0.6 is 15.9 Å². The predicted molar refractivity (Wildman–Crippen MR) is 79.0 cm³/mol. The number of halogens is 1. The molecule has 2 N–H and O–H groups in total. The third kappa shape index (κ3) is 3.05. The molecule has 0 radical (unpaired) electrons. The molecule has 1 atom stereocenters. The number of rotatable bonds is 4. The van der Waals surface area contributed by atoms with E-state index in [-0.39, 0.29) is 12.6 Å². The molecule has 0 bridgehead atoms. The molecular formula is C14H21BrN2O. The van der Waals surface area contributed by atoms with Crippen LogP contribution in [-0.4, -0.2) is 31.3 Å². The second kappa shape index (κ2) is 6.55. The zero-order valence-electron chi connectivity index (χ0n) is 10.8. The topological polar surface area (TPSA) is 35.5 Å². The van der Waals surface area contributed by atoms with Crippen molar-refractivity contribution < 1.29 is 5.11 Å². The molecule has 2 rings (SSSR count). The molecular weight excluding hydrogens is 292 g/mol. The van der Waals surface area contributed by atoms with Gasteiger partial charge in [-0.15, -0.1) is 0 Å². The van der Waals surface area contributed by atoms with Crippen LogP contribution in [0.15, 0.2) is 22.7 Å². The molecule has 100 valence electrons. The van der Waals surface area contributed by atoms with Crippen LogP contribution in [0.1, 0.15) is 24.8 Å². The Kier molecular flexibility index (Phi) is 5.03. The maximum Gasteiger partial charge on any atom is 0.0635 e. The summed E-state index contributed by atoms with van der Waals surface area (Å²) in [5.41, 5.74) is 2.54. The maximum absolute atomic E-state index is 9.53. The summed E-state index contributed by atoms with van der Waals surface area (Å²) in [5, 5.41) is 12.7. The smallest absolute Gasteiger partial charge is 0.0635 e. The maximum atomic E-state index is 9.53. The standard InChI is InChI=1S/C14H21BrN2O/c1-16-9-11-8-12(15)5-6-14(11)17-7-3-2-4-13(17)10-18/h5-6,8,13,16,18H,2-4,7,9-10H2,1H3. The molecule has 0 amide bonds. The van der Waals surface area contributed by atoms with E-state index in [1.54, 1.807) is 0 Å². The molecule has 1 heterocycles. The van der Waals surface area contributed by atoms with Gasteiger partial charge < -0.3 is 15.3 Å². The summed E-state index contributed by atoms with van der Waals surface area (Å²) in [5.74, 6) is 0. The lowest BCUT2D eigenvalue weighted by atomic mass is 10.0. The predicted octanol–water partition coefficient (Wildman–Crippen LogP) is 2.52. The molecule has 1 saturated heterocycles. The van der Waals surface area contributed by atoms with Gasteiger partial charge in [0.05, 0.1) is 12.6 Å². The van der Waals surface area contributed by atoms with Crippen LogP contribution in [0.5, 0.6) is 0 Å². The number of hydrogen-bond acceptors (Lipinski definition) is 3. The summed E-state index contributed by atoms with van der Waals surface area (Å²) in [6.07, 6.45) is 3.52. The molecule has 4 heteroatoms. The number of hydrogen-bond donors (Lipinski definition) is 2. The van der Waals surface area contributed by atoms with Crippen molar-refractivity contribution in [1.82, 2.24) is 5.32 Å². The van der Waals surface area contributed by atoms with Crippen molar-refractivity contribution in [2.45, 2.75) is 31.8 Å². The molecule has 18 heavy (non-hydrogen) atoms. The van der Waals surface area contributed by atoms with E-state index in [0.717, 1.165) is 24.0 Å². The van der Waals surface area contributed by atoms with Crippen molar-refractivity contribution in [1.29, 1.82) is 0 Å². The van der Waals surface area contributed by atoms with Crippen molar-refractivity contribution in [3.63, 3.8) is 0 Å². The minimum Gasteiger partial charge on any atom is -0.394 e. The van der Waals surface area contributed by atoms with Crippen molar-refractivity contribution >= 4 is 21.6 Å². The van der Waals surface area contributed by atoms with E-state index in [9.17, 15) is 5.11 Å². The van der Waals surface area contributed by atoms with Crippen LogP contribution in [-0.2, 0) is 6.54 Å². The second-order valence-electron chi connectivity index (χ2n) is 4.83. The third-order valence-electron chi connectivity index (χ3n) is 3.56. The first-order valence-electron chi connectivity index (χ1n) is 6.56. The Labute approximate surface area is 117 Å². The fourth-order valence-corrected chi connectivity index (χ4v) is 3.08. The highest BCUT2D eigenvalue weighted by molar-refractivity contribution is 9.10. The van der Waals surface area contributed by atoms with Crippen LogP contribution in [0.4, 0.5) is 5.69 Å². The molecule has 3 nitrogen and oxygen atoms in total. The van der Waals surface area contributed by atoms with Gasteiger partial charge >= 0.3 is 0 Å². The SMILES string of the molecule is CNCc1cc(Br)ccc1N1CCCCC1CO. The summed E-state index contributed by atoms with van der Waals surface area (Å²) in [6, 6.07) is 6.67. The first-order valence-corrected chi connectivity index (χ1v) is 7.36. The van der Waals surface area contributed by atoms with E-state index in [2.05, 4.69) is 44.3 Å². The van der Waals surface area contributed by atoms with E-state index in [1.165, 1.54) is 24.1 Å². The van der Waals surface area contributed by atoms with E-state index in [4.69, 9.17) is 0 Å². The number of piperidine rings is 1. The number of nitrogens with zero attached hydrogens (tertiary/aromatic N) is 1. The van der Waals surface area contributed by atoms with E-state index in [1.807, 2.05) is 7.05 Å². The van der Waals surface area contributed by atoms with Crippen molar-refractivity contribution in [3.8, 4) is 0 Å². The molecule has 1 aliphatic rings. The van der Waals surface area contributed by atoms with Gasteiger partial charge in [-0.05, 0) is 50.1 Å². The summed E-state index contributed by atoms with van der Waals surface area (Å²) in [7, 11) is 1.96. The molecule has 1 aromatic rings. The minimum atomic E-state index is 0.245. The van der Waals surface area contributed by atoms with E-state index >= 15 is 0 Å². The van der Waals surface area contributed by atoms with Crippen LogP contribution in [0.2, 0.25) is 0 Å². The zero-order chi connectivity index (χ0) is 13.0. The van der Waals surface area contributed by atoms with Crippen LogP contribution in [0.3, 0.4) is 0 Å². The van der Waals surface area contributed by atoms with Gasteiger partial charge in [-0.3, -0.25) is 0 Å². The molecule has 0 aliphatic carbocycles. The number of anilines is 1. The van der Waals surface area contributed by atoms with Crippen LogP contribution in [0.25, 0.3) is 0 Å². The first-order chi connectivity index (χ1) is 8.76. The van der Waals surface area contributed by atoms with Gasteiger partial charge in [0.15, 0.2) is 0 Å². The van der Waals surface area contributed by atoms with Gasteiger partial charge in [0.25, 0.3) is 0 Å². The van der Waals surface area contributed by atoms with Gasteiger partial charge in [0.1, 0.15) is 0 Å². The monoisotopic (exact) mass is 312 g/mol. The third-order valence-corrected chi connectivity index (χ3v) is 4.05. The van der Waals surface area contributed by atoms with Gasteiger partial charge in [0.2, 0.25) is 0 Å². The minimum absolute atomic E-state index is 0.245. The van der Waals surface area contributed by atoms with Gasteiger partial charge in [-0.25, -0.2) is 0 Å². The van der Waals surface area contributed by atoms with Gasteiger partial charge in [-0.2, -0.15) is 0 Å². The number of aliphatic hydroxyl groups is 1. The Morgan fingerprint density at radius 3 is 3.00 bits per heavy atom. The fraction of sp³-hybridized carbons (Fsp3) is 0.571. The Bertz CT molecular complexity index is 397. The van der Waals surface area contributed by atoms with Crippen molar-refractivity contribution in [2.24, 2.45) is 0 Å². The Balaban J connectivity index is 2.29. The number of nitrogens with one attached hydrogen (secondary N) is 1. The highest BCUT2D eigenvalue weighted by atomic mass is 79.9. The lowest BCUT2D eigenvalue weighted by Crippen LogP contribution is -2.42. The summed E-state index contributed by atoms with van der Waals surface area (Å²) in [4.78, 5) is 2.36. The van der Waals surface area contributed by atoms with Crippen molar-refractivity contribution in [3.05, 3.63) is 28.2 Å². The van der Waals surface area contributed by atoms with E-state index in [0.29, 0.717) is 0 Å². The van der Waals surface area contributed by atoms with Crippen LogP contribution in [0, 0.1) is 0 Å². The summed E-state index contributed by atoms with van der Waals surface area (Å²) >= 11 is 3.53. The number of aliphatic hydroxyl groups excluding tert-OH is 1. The normalized spacial score (nSPS) is 20.2. The molecule has 1 aliphatic heterocycles. The lowest BCUT2D eigenvalue weighted by Gasteiger charge is -2.37. The fourth-order valence-electron chi connectivity index (χ4n) is 2.67. The van der Waals surface area contributed by atoms with Crippen LogP contribution < -0.4 is 10.2 Å². The van der Waals surface area contributed by atoms with Gasteiger partial charge in [-0.1, -0.05) is 15.9 Å². The van der Waals surface area contributed by atoms with Crippen molar-refractivity contribution in [2.75, 3.05) is 25.1 Å². The van der Waals surface area contributed by atoms with E-state index < -0.39 is 0 Å². The summed E-state index contributed by atoms with van der Waals surface area (Å²) < 4.78 is 1.11.